The molecule has 1 aliphatic rings. The van der Waals surface area contributed by atoms with E-state index >= 15 is 4.79 Å². The molecule has 0 aromatic heterocycles. The predicted molar refractivity (Wildman–Crippen MR) is 497 cm³/mol. The molecule has 18 atom stereocenters. The quantitative estimate of drug-likeness (QED) is 0.0126. The lowest BCUT2D eigenvalue weighted by molar-refractivity contribution is -0.156. The van der Waals surface area contributed by atoms with Crippen LogP contribution in [0.4, 0.5) is 0 Å². The van der Waals surface area contributed by atoms with Gasteiger partial charge < -0.3 is 134 Å². The monoisotopic (exact) mass is 1880 g/mol. The SMILES string of the molecule is CC(C)CC(NC(=O)C(O)CO)C(=O)NC(C)C(=O)NC(CC(C)C)C(=O)NC(CC(C)C)C(=O)NC(C(=O)NC(CCCN=C(N)N)C(=O)NC(CC(C)C)C(=O)NC(CC(C)C)C(=O)NC(C(=O)NC(CCCCN)C(=O)NC(CC(C)C)C(=O)NC1C(=O)NC(CC(C)C)C(=O)NC(CO)C(=O)NC(CCCCN)C(=O)NC(CCCCN)C(=O)OC1C)C(C)C)C(C)C. The smallest absolute Gasteiger partial charge is 0.328 e. The Morgan fingerprint density at radius 2 is 0.682 bits per heavy atom. The predicted octanol–water partition coefficient (Wildman–Crippen LogP) is -2.87. The maximum atomic E-state index is 15.0. The molecule has 0 aromatic carbocycles. The maximum Gasteiger partial charge on any atom is 0.328 e. The summed E-state index contributed by atoms with van der Waals surface area (Å²) in [6, 6.07) is -22.6. The minimum Gasteiger partial charge on any atom is -0.458 e. The first-order valence-corrected chi connectivity index (χ1v) is 46.9. The number of nitrogens with two attached hydrogens (primary N) is 5. The number of nitrogens with one attached hydrogen (secondary N) is 16. The first-order valence-electron chi connectivity index (χ1n) is 46.9. The third-order valence-corrected chi connectivity index (χ3v) is 21.6. The summed E-state index contributed by atoms with van der Waals surface area (Å²) in [5, 5.41) is 72.2. The highest BCUT2D eigenvalue weighted by Crippen LogP contribution is 2.20. The Kier molecular flexibility index (Phi) is 56.8. The zero-order valence-electron chi connectivity index (χ0n) is 81.6. The van der Waals surface area contributed by atoms with Crippen molar-refractivity contribution in [1.82, 2.24) is 85.1 Å². The molecule has 18 unspecified atom stereocenters. The number of carbonyl (C=O) groups excluding carboxylic acids is 17. The lowest BCUT2D eigenvalue weighted by Gasteiger charge is -2.32. The zero-order chi connectivity index (χ0) is 101. The average molecular weight is 1880 g/mol. The van der Waals surface area contributed by atoms with Gasteiger partial charge in [0, 0.05) is 6.54 Å². The number of esters is 1. The number of ether oxygens (including phenoxy) is 1. The van der Waals surface area contributed by atoms with Crippen LogP contribution in [-0.4, -0.2) is 270 Å². The molecule has 756 valence electrons. The number of hydrogen-bond acceptors (Lipinski definition) is 25. The molecule has 29 N–H and O–H groups in total. The van der Waals surface area contributed by atoms with Gasteiger partial charge >= 0.3 is 5.97 Å². The number of cyclic esters (lactones) is 1. The molecule has 43 heteroatoms. The van der Waals surface area contributed by atoms with Crippen LogP contribution in [0, 0.1) is 53.3 Å². The van der Waals surface area contributed by atoms with Gasteiger partial charge in [0.2, 0.25) is 88.6 Å². The van der Waals surface area contributed by atoms with Crippen LogP contribution in [0.15, 0.2) is 4.99 Å². The van der Waals surface area contributed by atoms with E-state index in [2.05, 4.69) is 90.1 Å². The number of rotatable bonds is 58. The standard InChI is InChI=1S/C89H164N22O21/c1-45(2)36-60(106-84(127)68(114)44-113)76(119)96-54(19)72(115)101-61(37-46(3)4)77(120)104-64(40-49(9)10)80(123)110-70(53(17)18)86(129)99-58(31-27-35-95-89(93)94)75(118)102-62(38-47(5)6)78(121)105-65(41-50(11)12)81(124)109-69(52(15)16)85(128)98-57(29-22-25-33-91)74(117)103-66(42-51(13)14)82(125)111-71-55(20)132-88(131)59(30-23-26-34-92)100-73(116)56(28-21-24-32-90)97-83(126)67(43-112)108-79(122)63(39-48(7)8)107-87(71)130/h45-71,112-114H,21-44,90-92H2,1-20H3,(H,96,119)(H,97,126)(H,98,128)(H,99,129)(H,100,116)(H,101,115)(H,102,118)(H,103,117)(H,104,120)(H,105,121)(H,106,127)(H,107,130)(H,108,122)(H,109,124)(H,110,123)(H,111,125)(H4,93,94,95). The highest BCUT2D eigenvalue weighted by molar-refractivity contribution is 6.01. The number of amides is 16. The molecule has 1 saturated heterocycles. The van der Waals surface area contributed by atoms with Crippen LogP contribution in [0.5, 0.6) is 0 Å². The molecule has 0 aliphatic carbocycles. The molecule has 16 amide bonds. The number of aliphatic imine (C=N–C) groups is 1. The van der Waals surface area contributed by atoms with E-state index in [0.29, 0.717) is 32.1 Å². The summed E-state index contributed by atoms with van der Waals surface area (Å²) in [5.74, 6) is -18.6. The van der Waals surface area contributed by atoms with Crippen molar-refractivity contribution < 1.29 is 102 Å². The first-order chi connectivity index (χ1) is 61.7. The highest BCUT2D eigenvalue weighted by atomic mass is 16.5. The number of hydrogen-bond donors (Lipinski definition) is 24. The molecule has 1 heterocycles. The normalized spacial score (nSPS) is 19.2. The number of guanidine groups is 1. The van der Waals surface area contributed by atoms with Gasteiger partial charge in [0.1, 0.15) is 103 Å². The van der Waals surface area contributed by atoms with Crippen LogP contribution in [0.2, 0.25) is 0 Å². The molecule has 1 rings (SSSR count). The Morgan fingerprint density at radius 3 is 1.06 bits per heavy atom. The van der Waals surface area contributed by atoms with Gasteiger partial charge in [-0.25, -0.2) is 4.79 Å². The molecule has 132 heavy (non-hydrogen) atoms. The highest BCUT2D eigenvalue weighted by Gasteiger charge is 2.43. The molecule has 1 aliphatic heterocycles. The van der Waals surface area contributed by atoms with Crippen molar-refractivity contribution in [2.75, 3.05) is 39.4 Å². The number of aliphatic hydroxyl groups is 3. The van der Waals surface area contributed by atoms with Crippen molar-refractivity contribution in [3.8, 4) is 0 Å². The van der Waals surface area contributed by atoms with Crippen LogP contribution in [0.25, 0.3) is 0 Å². The van der Waals surface area contributed by atoms with E-state index < -0.39 is 234 Å². The van der Waals surface area contributed by atoms with Crippen LogP contribution in [0.1, 0.15) is 254 Å². The number of nitrogens with zero attached hydrogens (tertiary/aromatic N) is 1. The van der Waals surface area contributed by atoms with Crippen LogP contribution in [0.3, 0.4) is 0 Å². The second-order valence-corrected chi connectivity index (χ2v) is 38.1. The van der Waals surface area contributed by atoms with Gasteiger partial charge in [0.05, 0.1) is 13.2 Å². The Balaban J connectivity index is 3.88. The van der Waals surface area contributed by atoms with Crippen LogP contribution < -0.4 is 114 Å². The van der Waals surface area contributed by atoms with Gasteiger partial charge in [-0.05, 0) is 202 Å². The Labute approximate surface area is 778 Å². The van der Waals surface area contributed by atoms with Crippen LogP contribution >= 0.6 is 0 Å². The van der Waals surface area contributed by atoms with E-state index in [0.717, 1.165) is 0 Å². The number of unbranched alkanes of at least 4 members (excludes halogenated alkanes) is 3. The Bertz CT molecular complexity index is 3710. The lowest BCUT2D eigenvalue weighted by Crippen LogP contribution is -2.63. The van der Waals surface area contributed by atoms with Crippen molar-refractivity contribution in [2.24, 2.45) is 86.9 Å². The third-order valence-electron chi connectivity index (χ3n) is 21.6. The molecule has 0 spiro atoms. The van der Waals surface area contributed by atoms with E-state index in [4.69, 9.17) is 33.4 Å². The summed E-state index contributed by atoms with van der Waals surface area (Å²) < 4.78 is 5.94. The van der Waals surface area contributed by atoms with Crippen molar-refractivity contribution in [3.05, 3.63) is 0 Å². The first kappa shape index (κ1) is 120. The van der Waals surface area contributed by atoms with E-state index in [1.807, 2.05) is 0 Å². The summed E-state index contributed by atoms with van der Waals surface area (Å²) >= 11 is 0. The molecule has 0 radical (unpaired) electrons. The Morgan fingerprint density at radius 1 is 0.364 bits per heavy atom. The summed E-state index contributed by atoms with van der Waals surface area (Å²) in [7, 11) is 0. The number of carbonyl (C=O) groups is 17. The second-order valence-electron chi connectivity index (χ2n) is 38.1. The average Bonchev–Trinajstić information content (AvgIpc) is 0.833. The molecular weight excluding hydrogens is 1710 g/mol. The topological polar surface area (TPSA) is 695 Å². The fourth-order valence-corrected chi connectivity index (χ4v) is 14.4. The Hall–Kier alpha value is -9.98. The summed E-state index contributed by atoms with van der Waals surface area (Å²) in [6.45, 7) is 32.8. The van der Waals surface area contributed by atoms with Gasteiger partial charge in [-0.1, -0.05) is 125 Å². The molecule has 43 nitrogen and oxygen atoms in total. The molecule has 0 bridgehead atoms. The summed E-state index contributed by atoms with van der Waals surface area (Å²) in [5.41, 5.74) is 28.8. The van der Waals surface area contributed by atoms with Crippen molar-refractivity contribution in [1.29, 1.82) is 0 Å². The molecular formula is C89H164N22O21. The van der Waals surface area contributed by atoms with Gasteiger partial charge in [-0.15, -0.1) is 0 Å². The van der Waals surface area contributed by atoms with E-state index in [1.54, 1.807) is 125 Å². The summed E-state index contributed by atoms with van der Waals surface area (Å²) in [4.78, 5) is 248. The largest absolute Gasteiger partial charge is 0.458 e. The van der Waals surface area contributed by atoms with E-state index in [9.17, 15) is 92.0 Å². The maximum absolute atomic E-state index is 15.0. The summed E-state index contributed by atoms with van der Waals surface area (Å²) in [6.07, 6.45) is -1.33. The van der Waals surface area contributed by atoms with Gasteiger partial charge in [-0.3, -0.25) is 81.7 Å². The molecule has 0 aromatic rings. The van der Waals surface area contributed by atoms with Crippen molar-refractivity contribution in [3.63, 3.8) is 0 Å². The fourth-order valence-electron chi connectivity index (χ4n) is 14.4. The van der Waals surface area contributed by atoms with Crippen molar-refractivity contribution >= 4 is 106 Å². The minimum absolute atomic E-state index is 0.0147. The van der Waals surface area contributed by atoms with E-state index in [-0.39, 0.29) is 157 Å². The van der Waals surface area contributed by atoms with Crippen LogP contribution in [-0.2, 0) is 86.2 Å². The molecule has 0 saturated carbocycles. The third kappa shape index (κ3) is 46.1. The minimum atomic E-state index is -1.84. The van der Waals surface area contributed by atoms with Gasteiger partial charge in [0.15, 0.2) is 12.1 Å². The second kappa shape index (κ2) is 62.5. The molecule has 1 fully saturated rings. The fraction of sp³-hybridized carbons (Fsp3) is 0.798. The van der Waals surface area contributed by atoms with Crippen molar-refractivity contribution in [2.45, 2.75) is 363 Å². The van der Waals surface area contributed by atoms with E-state index in [1.165, 1.54) is 13.8 Å². The van der Waals surface area contributed by atoms with Gasteiger partial charge in [0.25, 0.3) is 5.91 Å². The lowest BCUT2D eigenvalue weighted by atomic mass is 9.97. The number of aliphatic hydroxyl groups excluding tert-OH is 3. The van der Waals surface area contributed by atoms with Gasteiger partial charge in [-0.2, -0.15) is 0 Å². The zero-order valence-corrected chi connectivity index (χ0v) is 81.6.